The van der Waals surface area contributed by atoms with Gasteiger partial charge in [0.1, 0.15) is 5.82 Å². The van der Waals surface area contributed by atoms with Crippen LogP contribution in [-0.4, -0.2) is 26.6 Å². The van der Waals surface area contributed by atoms with Crippen molar-refractivity contribution in [1.29, 1.82) is 0 Å². The number of carbonyl (C=O) groups excluding carboxylic acids is 2. The molecule has 0 radical (unpaired) electrons. The summed E-state index contributed by atoms with van der Waals surface area (Å²) in [5, 5.41) is 13.2. The lowest BCUT2D eigenvalue weighted by Crippen LogP contribution is -2.24. The van der Waals surface area contributed by atoms with Crippen molar-refractivity contribution in [2.24, 2.45) is 7.05 Å². The Kier molecular flexibility index (Phi) is 3.80. The molecule has 0 bridgehead atoms. The maximum atomic E-state index is 13.0. The zero-order chi connectivity index (χ0) is 19.3. The van der Waals surface area contributed by atoms with Gasteiger partial charge in [0, 0.05) is 46.9 Å². The van der Waals surface area contributed by atoms with Crippen LogP contribution in [-0.2, 0) is 11.8 Å². The van der Waals surface area contributed by atoms with Crippen LogP contribution in [0.4, 0.5) is 11.6 Å². The van der Waals surface area contributed by atoms with Crippen molar-refractivity contribution >= 4 is 45.7 Å². The monoisotopic (exact) mass is 391 g/mol. The number of aromatic amines is 1. The van der Waals surface area contributed by atoms with Gasteiger partial charge in [-0.05, 0) is 17.5 Å². The highest BCUT2D eigenvalue weighted by atomic mass is 32.1. The summed E-state index contributed by atoms with van der Waals surface area (Å²) >= 11 is 1.60. The first kappa shape index (κ1) is 16.8. The van der Waals surface area contributed by atoms with Gasteiger partial charge in [0.05, 0.1) is 5.56 Å². The predicted molar refractivity (Wildman–Crippen MR) is 109 cm³/mol. The van der Waals surface area contributed by atoms with Gasteiger partial charge >= 0.3 is 0 Å². The molecule has 1 aromatic carbocycles. The number of hydrogen-bond acceptors (Lipinski definition) is 4. The van der Waals surface area contributed by atoms with Crippen LogP contribution in [0.25, 0.3) is 10.9 Å². The van der Waals surface area contributed by atoms with E-state index in [-0.39, 0.29) is 17.7 Å². The summed E-state index contributed by atoms with van der Waals surface area (Å²) in [5.41, 5.74) is 2.31. The zero-order valence-electron chi connectivity index (χ0n) is 15.0. The van der Waals surface area contributed by atoms with Gasteiger partial charge in [0.15, 0.2) is 5.82 Å². The van der Waals surface area contributed by atoms with Crippen LogP contribution in [0.5, 0.6) is 0 Å². The molecule has 0 saturated heterocycles. The van der Waals surface area contributed by atoms with E-state index in [9.17, 15) is 9.59 Å². The molecule has 4 heterocycles. The maximum absolute atomic E-state index is 13.0. The van der Waals surface area contributed by atoms with Crippen molar-refractivity contribution in [1.82, 2.24) is 14.8 Å². The molecule has 3 aromatic heterocycles. The number of fused-ring (bicyclic) bond motifs is 2. The van der Waals surface area contributed by atoms with Gasteiger partial charge in [-0.3, -0.25) is 14.3 Å². The first-order valence-corrected chi connectivity index (χ1v) is 9.77. The number of benzene rings is 1. The Morgan fingerprint density at radius 1 is 1.29 bits per heavy atom. The van der Waals surface area contributed by atoms with E-state index in [2.05, 4.69) is 20.7 Å². The number of H-pyrrole nitrogens is 1. The molecule has 1 aliphatic rings. The summed E-state index contributed by atoms with van der Waals surface area (Å²) in [5.74, 6) is 0.689. The molecule has 2 amide bonds. The Hall–Kier alpha value is -3.39. The van der Waals surface area contributed by atoms with E-state index in [0.29, 0.717) is 23.6 Å². The number of hydrogen-bond donors (Lipinski definition) is 3. The minimum absolute atomic E-state index is 0.0524. The highest BCUT2D eigenvalue weighted by Gasteiger charge is 2.34. The lowest BCUT2D eigenvalue weighted by Gasteiger charge is -2.23. The number of carbonyl (C=O) groups is 2. The molecule has 0 aliphatic carbocycles. The van der Waals surface area contributed by atoms with Crippen LogP contribution in [0.2, 0.25) is 0 Å². The molecule has 0 spiro atoms. The van der Waals surface area contributed by atoms with Crippen molar-refractivity contribution in [3.8, 4) is 0 Å². The van der Waals surface area contributed by atoms with E-state index in [1.54, 1.807) is 29.3 Å². The molecule has 1 aliphatic heterocycles. The SMILES string of the molecule is Cn1nc(NC(=O)c2c[nH]c3ccccc23)c2c1NC(=O)C[C@@H]2c1cccs1. The highest BCUT2D eigenvalue weighted by molar-refractivity contribution is 7.10. The summed E-state index contributed by atoms with van der Waals surface area (Å²) in [4.78, 5) is 29.4. The minimum Gasteiger partial charge on any atom is -0.360 e. The van der Waals surface area contributed by atoms with Gasteiger partial charge < -0.3 is 15.6 Å². The number of nitrogens with one attached hydrogen (secondary N) is 3. The van der Waals surface area contributed by atoms with Gasteiger partial charge in [0.25, 0.3) is 5.91 Å². The third-order valence-electron chi connectivity index (χ3n) is 5.03. The number of amides is 2. The molecule has 0 unspecified atom stereocenters. The number of thiophene rings is 1. The van der Waals surface area contributed by atoms with E-state index >= 15 is 0 Å². The van der Waals surface area contributed by atoms with Crippen LogP contribution in [0, 0.1) is 0 Å². The third-order valence-corrected chi connectivity index (χ3v) is 6.02. The number of aromatic nitrogens is 3. The van der Waals surface area contributed by atoms with Crippen molar-refractivity contribution in [2.45, 2.75) is 12.3 Å². The van der Waals surface area contributed by atoms with Crippen LogP contribution >= 0.6 is 11.3 Å². The highest BCUT2D eigenvalue weighted by Crippen LogP contribution is 2.42. The number of rotatable bonds is 3. The van der Waals surface area contributed by atoms with Crippen molar-refractivity contribution in [2.75, 3.05) is 10.6 Å². The molecular weight excluding hydrogens is 374 g/mol. The molecule has 7 nitrogen and oxygen atoms in total. The molecule has 140 valence electrons. The quantitative estimate of drug-likeness (QED) is 0.497. The average Bonchev–Trinajstić information content (AvgIpc) is 3.41. The third kappa shape index (κ3) is 2.61. The summed E-state index contributed by atoms with van der Waals surface area (Å²) in [6.07, 6.45) is 2.03. The van der Waals surface area contributed by atoms with E-state index in [4.69, 9.17) is 0 Å². The molecule has 8 heteroatoms. The van der Waals surface area contributed by atoms with E-state index < -0.39 is 0 Å². The predicted octanol–water partition coefficient (Wildman–Crippen LogP) is 3.69. The fourth-order valence-corrected chi connectivity index (χ4v) is 4.59. The molecule has 0 fully saturated rings. The van der Waals surface area contributed by atoms with Crippen LogP contribution in [0.3, 0.4) is 0 Å². The second-order valence-electron chi connectivity index (χ2n) is 6.76. The standard InChI is InChI=1S/C20H17N5O2S/c1-25-19-17(12(9-16(26)22-19)15-7-4-8-28-15)18(24-25)23-20(27)13-10-21-14-6-3-2-5-11(13)14/h2-8,10,12,21H,9H2,1H3,(H,22,26)(H,23,24,27)/t12-/m1/s1. The number of aryl methyl sites for hydroxylation is 1. The Balaban J connectivity index is 1.56. The topological polar surface area (TPSA) is 91.8 Å². The Bertz CT molecular complexity index is 1200. The lowest BCUT2D eigenvalue weighted by molar-refractivity contribution is -0.116. The first-order chi connectivity index (χ1) is 13.6. The van der Waals surface area contributed by atoms with Gasteiger partial charge in [-0.25, -0.2) is 0 Å². The summed E-state index contributed by atoms with van der Waals surface area (Å²) in [6.45, 7) is 0. The van der Waals surface area contributed by atoms with Crippen LogP contribution < -0.4 is 10.6 Å². The van der Waals surface area contributed by atoms with Gasteiger partial charge in [-0.2, -0.15) is 5.10 Å². The fraction of sp³-hybridized carbons (Fsp3) is 0.150. The molecule has 28 heavy (non-hydrogen) atoms. The smallest absolute Gasteiger partial charge is 0.259 e. The first-order valence-electron chi connectivity index (χ1n) is 8.89. The Labute approximate surface area is 164 Å². The van der Waals surface area contributed by atoms with Crippen molar-refractivity contribution < 1.29 is 9.59 Å². The fourth-order valence-electron chi connectivity index (χ4n) is 3.75. The molecule has 0 saturated carbocycles. The average molecular weight is 391 g/mol. The number of para-hydroxylation sites is 1. The van der Waals surface area contributed by atoms with Crippen molar-refractivity contribution in [3.63, 3.8) is 0 Å². The summed E-state index contributed by atoms with van der Waals surface area (Å²) < 4.78 is 1.61. The summed E-state index contributed by atoms with van der Waals surface area (Å²) in [6, 6.07) is 11.6. The van der Waals surface area contributed by atoms with Crippen molar-refractivity contribution in [3.05, 3.63) is 64.0 Å². The minimum atomic E-state index is -0.236. The normalized spacial score (nSPS) is 16.0. The van der Waals surface area contributed by atoms with Gasteiger partial charge in [0.2, 0.25) is 5.91 Å². The van der Waals surface area contributed by atoms with Crippen LogP contribution in [0.1, 0.15) is 33.1 Å². The largest absolute Gasteiger partial charge is 0.360 e. The van der Waals surface area contributed by atoms with Crippen LogP contribution in [0.15, 0.2) is 48.0 Å². The van der Waals surface area contributed by atoms with E-state index in [1.165, 1.54) is 0 Å². The van der Waals surface area contributed by atoms with E-state index in [0.717, 1.165) is 21.3 Å². The molecule has 4 aromatic rings. The molecule has 5 rings (SSSR count). The second-order valence-corrected chi connectivity index (χ2v) is 7.74. The molecule has 3 N–H and O–H groups in total. The molecular formula is C20H17N5O2S. The van der Waals surface area contributed by atoms with E-state index in [1.807, 2.05) is 41.8 Å². The van der Waals surface area contributed by atoms with Gasteiger partial charge in [-0.1, -0.05) is 24.3 Å². The number of anilines is 2. The Morgan fingerprint density at radius 2 is 2.14 bits per heavy atom. The summed E-state index contributed by atoms with van der Waals surface area (Å²) in [7, 11) is 1.76. The maximum Gasteiger partial charge on any atom is 0.259 e. The lowest BCUT2D eigenvalue weighted by atomic mass is 9.92. The zero-order valence-corrected chi connectivity index (χ0v) is 15.8. The van der Waals surface area contributed by atoms with Gasteiger partial charge in [-0.15, -0.1) is 11.3 Å². The molecule has 1 atom stereocenters. The second kappa shape index (κ2) is 6.35. The number of nitrogens with zero attached hydrogens (tertiary/aromatic N) is 2. The Morgan fingerprint density at radius 3 is 2.96 bits per heavy atom.